The van der Waals surface area contributed by atoms with Gasteiger partial charge in [-0.2, -0.15) is 0 Å². The summed E-state index contributed by atoms with van der Waals surface area (Å²) in [4.78, 5) is 24.5. The molecule has 2 unspecified atom stereocenters. The molecule has 0 aliphatic rings. The Balaban J connectivity index is 3.51. The summed E-state index contributed by atoms with van der Waals surface area (Å²) in [6.45, 7) is 4.85. The Hall–Kier alpha value is -1.92. The zero-order valence-electron chi connectivity index (χ0n) is 42.1. The van der Waals surface area contributed by atoms with Crippen LogP contribution in [0.5, 0.6) is 0 Å². The molecule has 0 aromatic rings. The van der Waals surface area contributed by atoms with E-state index in [0.717, 1.165) is 83.5 Å². The van der Waals surface area contributed by atoms with Crippen LogP contribution in [0.4, 0.5) is 0 Å². The minimum atomic E-state index is -0.683. The van der Waals surface area contributed by atoms with Crippen LogP contribution in [-0.2, 0) is 14.3 Å². The van der Waals surface area contributed by atoms with Gasteiger partial charge in [0.05, 0.1) is 25.4 Å². The second-order valence-electron chi connectivity index (χ2n) is 18.9. The summed E-state index contributed by atoms with van der Waals surface area (Å²) in [5.74, 6) is -0.0921. The van der Waals surface area contributed by atoms with Crippen LogP contribution in [0.2, 0.25) is 0 Å². The summed E-state index contributed by atoms with van der Waals surface area (Å²) in [5.41, 5.74) is 0. The third-order valence-corrected chi connectivity index (χ3v) is 12.6. The van der Waals surface area contributed by atoms with Gasteiger partial charge in [0.15, 0.2) is 0 Å². The van der Waals surface area contributed by atoms with E-state index in [0.29, 0.717) is 25.9 Å². The lowest BCUT2D eigenvalue weighted by atomic mass is 10.0. The first-order chi connectivity index (χ1) is 31.0. The molecule has 0 aromatic heterocycles. The van der Waals surface area contributed by atoms with Gasteiger partial charge in [-0.3, -0.25) is 9.59 Å². The van der Waals surface area contributed by atoms with Crippen molar-refractivity contribution < 1.29 is 24.5 Å². The molecule has 2 atom stereocenters. The highest BCUT2D eigenvalue weighted by Crippen LogP contribution is 2.17. The Bertz CT molecular complexity index is 1020. The number of carbonyl (C=O) groups excluding carboxylic acids is 2. The fourth-order valence-corrected chi connectivity index (χ4v) is 8.38. The summed E-state index contributed by atoms with van der Waals surface area (Å²) >= 11 is 0. The molecule has 6 nitrogen and oxygen atoms in total. The van der Waals surface area contributed by atoms with Crippen LogP contribution in [-0.4, -0.2) is 47.4 Å². The average Bonchev–Trinajstić information content (AvgIpc) is 3.28. The highest BCUT2D eigenvalue weighted by Gasteiger charge is 2.20. The summed E-state index contributed by atoms with van der Waals surface area (Å²) in [6.07, 6.45) is 64.1. The maximum absolute atomic E-state index is 12.5. The molecule has 0 saturated carbocycles. The number of ether oxygens (including phenoxy) is 1. The molecule has 0 aromatic carbocycles. The van der Waals surface area contributed by atoms with Crippen LogP contribution in [0.1, 0.15) is 290 Å². The zero-order valence-corrected chi connectivity index (χ0v) is 42.1. The summed E-state index contributed by atoms with van der Waals surface area (Å²) < 4.78 is 5.44. The number of unbranched alkanes of at least 4 members (excludes halogenated alkanes) is 34. The van der Waals surface area contributed by atoms with Gasteiger partial charge in [0, 0.05) is 12.8 Å². The first-order valence-electron chi connectivity index (χ1n) is 27.7. The standard InChI is InChI=1S/C57H107NO5/c1-3-5-7-9-11-13-15-17-18-19-20-21-22-23-26-29-33-37-41-45-49-55(60)54(53-59)58-56(61)50-46-42-38-34-30-27-24-28-32-36-40-44-48-52-63-57(62)51-47-43-39-35-31-25-16-14-12-10-8-6-4-2/h8,10,14,16,27,30,54-55,59-60H,3-7,9,11-13,15,17-26,28-29,31-53H2,1-2H3,(H,58,61)/b10-8-,16-14-,30-27-. The van der Waals surface area contributed by atoms with Crippen LogP contribution < -0.4 is 5.32 Å². The van der Waals surface area contributed by atoms with Gasteiger partial charge in [-0.05, 0) is 77.0 Å². The number of carbonyl (C=O) groups is 2. The first kappa shape index (κ1) is 61.1. The van der Waals surface area contributed by atoms with E-state index in [1.54, 1.807) is 0 Å². The zero-order chi connectivity index (χ0) is 45.8. The molecule has 6 heteroatoms. The van der Waals surface area contributed by atoms with E-state index in [-0.39, 0.29) is 18.5 Å². The number of esters is 1. The molecule has 0 spiro atoms. The number of hydrogen-bond donors (Lipinski definition) is 3. The molecule has 0 saturated heterocycles. The van der Waals surface area contributed by atoms with Gasteiger partial charge in [-0.1, -0.05) is 237 Å². The topological polar surface area (TPSA) is 95.9 Å². The molecule has 63 heavy (non-hydrogen) atoms. The molecule has 0 bridgehead atoms. The number of nitrogens with one attached hydrogen (secondary N) is 1. The lowest BCUT2D eigenvalue weighted by Gasteiger charge is -2.22. The highest BCUT2D eigenvalue weighted by molar-refractivity contribution is 5.76. The molecule has 0 heterocycles. The normalized spacial score (nSPS) is 12.9. The second kappa shape index (κ2) is 52.7. The lowest BCUT2D eigenvalue weighted by Crippen LogP contribution is -2.45. The molecule has 0 fully saturated rings. The Labute approximate surface area is 392 Å². The van der Waals surface area contributed by atoms with Gasteiger partial charge < -0.3 is 20.3 Å². The van der Waals surface area contributed by atoms with Crippen LogP contribution >= 0.6 is 0 Å². The van der Waals surface area contributed by atoms with Gasteiger partial charge in [0.25, 0.3) is 0 Å². The summed E-state index contributed by atoms with van der Waals surface area (Å²) in [7, 11) is 0. The minimum Gasteiger partial charge on any atom is -0.466 e. The van der Waals surface area contributed by atoms with E-state index in [9.17, 15) is 19.8 Å². The first-order valence-corrected chi connectivity index (χ1v) is 27.7. The van der Waals surface area contributed by atoms with E-state index in [4.69, 9.17) is 4.74 Å². The monoisotopic (exact) mass is 886 g/mol. The third kappa shape index (κ3) is 49.4. The number of hydrogen-bond acceptors (Lipinski definition) is 5. The fraction of sp³-hybridized carbons (Fsp3) is 0.860. The molecular weight excluding hydrogens is 779 g/mol. The Morgan fingerprint density at radius 1 is 0.444 bits per heavy atom. The minimum absolute atomic E-state index is 0.0278. The quantitative estimate of drug-likeness (QED) is 0.0321. The van der Waals surface area contributed by atoms with E-state index >= 15 is 0 Å². The van der Waals surface area contributed by atoms with Crippen LogP contribution in [0.25, 0.3) is 0 Å². The predicted molar refractivity (Wildman–Crippen MR) is 273 cm³/mol. The number of aliphatic hydroxyl groups excluding tert-OH is 2. The van der Waals surface area contributed by atoms with Gasteiger partial charge in [-0.25, -0.2) is 0 Å². The van der Waals surface area contributed by atoms with E-state index in [1.165, 1.54) is 173 Å². The number of aliphatic hydroxyl groups is 2. The molecule has 1 amide bonds. The fourth-order valence-electron chi connectivity index (χ4n) is 8.38. The van der Waals surface area contributed by atoms with Crippen molar-refractivity contribution in [2.45, 2.75) is 302 Å². The molecule has 0 rings (SSSR count). The molecular formula is C57H107NO5. The molecule has 370 valence electrons. The lowest BCUT2D eigenvalue weighted by molar-refractivity contribution is -0.143. The molecule has 0 aliphatic carbocycles. The Morgan fingerprint density at radius 3 is 1.30 bits per heavy atom. The second-order valence-corrected chi connectivity index (χ2v) is 18.9. The highest BCUT2D eigenvalue weighted by atomic mass is 16.5. The summed E-state index contributed by atoms with van der Waals surface area (Å²) in [5, 5.41) is 23.3. The van der Waals surface area contributed by atoms with E-state index in [2.05, 4.69) is 55.6 Å². The van der Waals surface area contributed by atoms with Crippen molar-refractivity contribution in [1.29, 1.82) is 0 Å². The van der Waals surface area contributed by atoms with Crippen LogP contribution in [0.15, 0.2) is 36.5 Å². The van der Waals surface area contributed by atoms with E-state index < -0.39 is 12.1 Å². The average molecular weight is 886 g/mol. The van der Waals surface area contributed by atoms with Crippen molar-refractivity contribution in [2.75, 3.05) is 13.2 Å². The van der Waals surface area contributed by atoms with Gasteiger partial charge in [0.2, 0.25) is 5.91 Å². The molecule has 0 aliphatic heterocycles. The smallest absolute Gasteiger partial charge is 0.305 e. The largest absolute Gasteiger partial charge is 0.466 e. The van der Waals surface area contributed by atoms with Gasteiger partial charge in [-0.15, -0.1) is 0 Å². The number of allylic oxidation sites excluding steroid dienone is 6. The van der Waals surface area contributed by atoms with Crippen molar-refractivity contribution in [1.82, 2.24) is 5.32 Å². The Morgan fingerprint density at radius 2 is 0.825 bits per heavy atom. The number of rotatable bonds is 51. The Kier molecular flexibility index (Phi) is 51.1. The predicted octanol–water partition coefficient (Wildman–Crippen LogP) is 16.9. The van der Waals surface area contributed by atoms with Crippen molar-refractivity contribution in [2.24, 2.45) is 0 Å². The molecule has 3 N–H and O–H groups in total. The van der Waals surface area contributed by atoms with Crippen molar-refractivity contribution >= 4 is 11.9 Å². The van der Waals surface area contributed by atoms with Crippen LogP contribution in [0, 0.1) is 0 Å². The SMILES string of the molecule is CCC/C=C\C/C=C\CCCCCCCC(=O)OCCCCCCCC/C=C\CCCCCC(=O)NC(CO)C(O)CCCCCCCCCCCCCCCCCCCCCC. The third-order valence-electron chi connectivity index (χ3n) is 12.6. The summed E-state index contributed by atoms with van der Waals surface area (Å²) in [6, 6.07) is -0.563. The van der Waals surface area contributed by atoms with Crippen molar-refractivity contribution in [3.05, 3.63) is 36.5 Å². The maximum atomic E-state index is 12.5. The van der Waals surface area contributed by atoms with Gasteiger partial charge >= 0.3 is 5.97 Å². The van der Waals surface area contributed by atoms with Crippen LogP contribution in [0.3, 0.4) is 0 Å². The number of amides is 1. The van der Waals surface area contributed by atoms with E-state index in [1.807, 2.05) is 0 Å². The van der Waals surface area contributed by atoms with Crippen molar-refractivity contribution in [3.8, 4) is 0 Å². The van der Waals surface area contributed by atoms with Crippen molar-refractivity contribution in [3.63, 3.8) is 0 Å². The molecule has 0 radical (unpaired) electrons. The maximum Gasteiger partial charge on any atom is 0.305 e. The van der Waals surface area contributed by atoms with Gasteiger partial charge in [0.1, 0.15) is 0 Å².